The van der Waals surface area contributed by atoms with Crippen LogP contribution in [0.15, 0.2) is 9.95 Å². The smallest absolute Gasteiger partial charge is 0.318 e. The Hall–Kier alpha value is -1.34. The Balaban J connectivity index is 1.87. The van der Waals surface area contributed by atoms with Gasteiger partial charge in [-0.3, -0.25) is 14.2 Å². The number of nitrogens with zero attached hydrogens (tertiary/aromatic N) is 2. The zero-order valence-corrected chi connectivity index (χ0v) is 16.9. The van der Waals surface area contributed by atoms with Crippen molar-refractivity contribution < 1.29 is 9.53 Å². The molecule has 1 saturated carbocycles. The molecule has 5 nitrogen and oxygen atoms in total. The minimum atomic E-state index is -0.383. The van der Waals surface area contributed by atoms with E-state index in [9.17, 15) is 9.59 Å². The van der Waals surface area contributed by atoms with Crippen LogP contribution in [0, 0.1) is 0 Å². The highest BCUT2D eigenvalue weighted by molar-refractivity contribution is 8.00. The highest BCUT2D eigenvalue weighted by Crippen LogP contribution is 2.38. The van der Waals surface area contributed by atoms with E-state index in [1.807, 2.05) is 11.5 Å². The minimum Gasteiger partial charge on any atom is -0.468 e. The molecule has 1 atom stereocenters. The lowest BCUT2D eigenvalue weighted by molar-refractivity contribution is -0.139. The molecule has 2 heterocycles. The van der Waals surface area contributed by atoms with Gasteiger partial charge < -0.3 is 4.74 Å². The van der Waals surface area contributed by atoms with Crippen LogP contribution in [-0.4, -0.2) is 27.9 Å². The predicted molar refractivity (Wildman–Crippen MR) is 105 cm³/mol. The van der Waals surface area contributed by atoms with E-state index in [-0.39, 0.29) is 22.8 Å². The summed E-state index contributed by atoms with van der Waals surface area (Å²) in [5.41, 5.74) is 1.33. The Morgan fingerprint density at radius 1 is 1.27 bits per heavy atom. The van der Waals surface area contributed by atoms with Gasteiger partial charge in [-0.05, 0) is 51.0 Å². The zero-order chi connectivity index (χ0) is 18.3. The fourth-order valence-electron chi connectivity index (χ4n) is 4.14. The Labute approximate surface area is 161 Å². The number of esters is 1. The van der Waals surface area contributed by atoms with Gasteiger partial charge in [-0.25, -0.2) is 4.98 Å². The largest absolute Gasteiger partial charge is 0.468 e. The van der Waals surface area contributed by atoms with Gasteiger partial charge in [0.15, 0.2) is 5.16 Å². The van der Waals surface area contributed by atoms with E-state index in [1.54, 1.807) is 11.3 Å². The minimum absolute atomic E-state index is 0.0980. The fourth-order valence-corrected chi connectivity index (χ4v) is 6.45. The van der Waals surface area contributed by atoms with E-state index < -0.39 is 0 Å². The number of thiophene rings is 1. The SMILES string of the molecule is COC(=O)C(C)Sc1nc2sc3c(c2c(=O)n1C1CCCC1)CCCC3. The first-order chi connectivity index (χ1) is 12.6. The highest BCUT2D eigenvalue weighted by Gasteiger charge is 2.28. The van der Waals surface area contributed by atoms with Crippen molar-refractivity contribution in [2.24, 2.45) is 0 Å². The maximum Gasteiger partial charge on any atom is 0.318 e. The Morgan fingerprint density at radius 3 is 2.73 bits per heavy atom. The van der Waals surface area contributed by atoms with Crippen LogP contribution >= 0.6 is 23.1 Å². The van der Waals surface area contributed by atoms with Crippen molar-refractivity contribution in [3.63, 3.8) is 0 Å². The number of hydrogen-bond acceptors (Lipinski definition) is 6. The van der Waals surface area contributed by atoms with Crippen molar-refractivity contribution >= 4 is 39.3 Å². The summed E-state index contributed by atoms with van der Waals surface area (Å²) in [6.07, 6.45) is 8.71. The van der Waals surface area contributed by atoms with Gasteiger partial charge in [-0.15, -0.1) is 11.3 Å². The molecule has 0 aromatic carbocycles. The number of aromatic nitrogens is 2. The molecule has 0 amide bonds. The summed E-state index contributed by atoms with van der Waals surface area (Å²) >= 11 is 3.02. The Bertz CT molecular complexity index is 896. The summed E-state index contributed by atoms with van der Waals surface area (Å²) in [6, 6.07) is 0.200. The van der Waals surface area contributed by atoms with Crippen LogP contribution in [0.3, 0.4) is 0 Å². The molecule has 0 N–H and O–H groups in total. The lowest BCUT2D eigenvalue weighted by Crippen LogP contribution is -2.28. The number of aryl methyl sites for hydroxylation is 2. The lowest BCUT2D eigenvalue weighted by Gasteiger charge is -2.19. The number of rotatable bonds is 4. The third-order valence-corrected chi connectivity index (χ3v) is 7.72. The van der Waals surface area contributed by atoms with Gasteiger partial charge in [0.05, 0.1) is 12.5 Å². The summed E-state index contributed by atoms with van der Waals surface area (Å²) in [5, 5.41) is 1.13. The molecule has 7 heteroatoms. The summed E-state index contributed by atoms with van der Waals surface area (Å²) in [4.78, 5) is 32.4. The van der Waals surface area contributed by atoms with Gasteiger partial charge in [0.1, 0.15) is 10.1 Å². The average molecular weight is 393 g/mol. The molecular weight excluding hydrogens is 368 g/mol. The molecule has 0 bridgehead atoms. The number of ether oxygens (including phenoxy) is 1. The fraction of sp³-hybridized carbons (Fsp3) is 0.632. The third kappa shape index (κ3) is 3.09. The van der Waals surface area contributed by atoms with E-state index >= 15 is 0 Å². The normalized spacial score (nSPS) is 18.8. The van der Waals surface area contributed by atoms with Crippen LogP contribution in [0.2, 0.25) is 0 Å². The summed E-state index contributed by atoms with van der Waals surface area (Å²) in [7, 11) is 1.40. The quantitative estimate of drug-likeness (QED) is 0.445. The first kappa shape index (κ1) is 18.0. The van der Waals surface area contributed by atoms with Crippen LogP contribution in [0.1, 0.15) is 61.9 Å². The van der Waals surface area contributed by atoms with Crippen molar-refractivity contribution in [1.29, 1.82) is 0 Å². The van der Waals surface area contributed by atoms with E-state index in [2.05, 4.69) is 0 Å². The maximum atomic E-state index is 13.5. The topological polar surface area (TPSA) is 61.2 Å². The average Bonchev–Trinajstić information content (AvgIpc) is 3.28. The Morgan fingerprint density at radius 2 is 2.00 bits per heavy atom. The molecule has 2 aromatic heterocycles. The van der Waals surface area contributed by atoms with Gasteiger partial charge in [0.2, 0.25) is 0 Å². The van der Waals surface area contributed by atoms with Crippen molar-refractivity contribution in [2.45, 2.75) is 74.7 Å². The van der Waals surface area contributed by atoms with Crippen LogP contribution < -0.4 is 5.56 Å². The first-order valence-electron chi connectivity index (χ1n) is 9.41. The number of thioether (sulfide) groups is 1. The van der Waals surface area contributed by atoms with Crippen LogP contribution in [0.4, 0.5) is 0 Å². The zero-order valence-electron chi connectivity index (χ0n) is 15.2. The summed E-state index contributed by atoms with van der Waals surface area (Å²) in [6.45, 7) is 1.81. The standard InChI is InChI=1S/C19H24N2O3S2/c1-11(18(23)24-2)25-19-20-16-15(13-9-5-6-10-14(13)26-16)17(22)21(19)12-7-3-4-8-12/h11-12H,3-10H2,1-2H3. The second-order valence-electron chi connectivity index (χ2n) is 7.18. The van der Waals surface area contributed by atoms with Crippen molar-refractivity contribution in [1.82, 2.24) is 9.55 Å². The van der Waals surface area contributed by atoms with E-state index in [0.717, 1.165) is 55.2 Å². The first-order valence-corrected chi connectivity index (χ1v) is 11.1. The van der Waals surface area contributed by atoms with Gasteiger partial charge in [-0.1, -0.05) is 24.6 Å². The molecule has 140 valence electrons. The highest BCUT2D eigenvalue weighted by atomic mass is 32.2. The molecule has 2 aliphatic carbocycles. The molecule has 26 heavy (non-hydrogen) atoms. The van der Waals surface area contributed by atoms with Crippen molar-refractivity contribution in [3.05, 3.63) is 20.8 Å². The number of carbonyl (C=O) groups is 1. The van der Waals surface area contributed by atoms with E-state index in [4.69, 9.17) is 9.72 Å². The van der Waals surface area contributed by atoms with Crippen molar-refractivity contribution in [2.75, 3.05) is 7.11 Å². The van der Waals surface area contributed by atoms with Gasteiger partial charge in [0.25, 0.3) is 5.56 Å². The molecule has 4 rings (SSSR count). The Kier molecular flexibility index (Phi) is 5.10. The summed E-state index contributed by atoms with van der Waals surface area (Å²) in [5.74, 6) is -0.284. The number of methoxy groups -OCH3 is 1. The van der Waals surface area contributed by atoms with Gasteiger partial charge in [0, 0.05) is 10.9 Å². The predicted octanol–water partition coefficient (Wildman–Crippen LogP) is 4.11. The summed E-state index contributed by atoms with van der Waals surface area (Å²) < 4.78 is 6.75. The second kappa shape index (κ2) is 7.35. The second-order valence-corrected chi connectivity index (χ2v) is 9.57. The number of carbonyl (C=O) groups excluding carboxylic acids is 1. The molecule has 1 fully saturated rings. The third-order valence-electron chi connectivity index (χ3n) is 5.49. The molecule has 2 aromatic rings. The van der Waals surface area contributed by atoms with Crippen LogP contribution in [0.5, 0.6) is 0 Å². The molecular formula is C19H24N2O3S2. The van der Waals surface area contributed by atoms with Crippen LogP contribution in [-0.2, 0) is 22.4 Å². The molecule has 1 unspecified atom stereocenters. The molecule has 0 saturated heterocycles. The van der Waals surface area contributed by atoms with Crippen molar-refractivity contribution in [3.8, 4) is 0 Å². The molecule has 0 aliphatic heterocycles. The van der Waals surface area contributed by atoms with Crippen LogP contribution in [0.25, 0.3) is 10.2 Å². The molecule has 2 aliphatic rings. The van der Waals surface area contributed by atoms with E-state index in [1.165, 1.54) is 35.7 Å². The maximum absolute atomic E-state index is 13.5. The number of fused-ring (bicyclic) bond motifs is 3. The lowest BCUT2D eigenvalue weighted by atomic mass is 9.97. The van der Waals surface area contributed by atoms with Gasteiger partial charge >= 0.3 is 5.97 Å². The molecule has 0 radical (unpaired) electrons. The number of hydrogen-bond donors (Lipinski definition) is 0. The van der Waals surface area contributed by atoms with E-state index in [0.29, 0.717) is 5.16 Å². The van der Waals surface area contributed by atoms with Gasteiger partial charge in [-0.2, -0.15) is 0 Å². The monoisotopic (exact) mass is 392 g/mol. The molecule has 0 spiro atoms.